The smallest absolute Gasteiger partial charge is 0.224 e. The van der Waals surface area contributed by atoms with Gasteiger partial charge in [0, 0.05) is 55.8 Å². The number of aryl methyl sites for hydroxylation is 1. The number of anilines is 1. The summed E-state index contributed by atoms with van der Waals surface area (Å²) in [5.41, 5.74) is 9.97. The van der Waals surface area contributed by atoms with Gasteiger partial charge in [-0.2, -0.15) is 0 Å². The first-order valence-electron chi connectivity index (χ1n) is 9.84. The molecule has 0 unspecified atom stereocenters. The molecule has 1 aliphatic carbocycles. The molecule has 0 fully saturated rings. The van der Waals surface area contributed by atoms with Crippen molar-refractivity contribution >= 4 is 23.2 Å². The Morgan fingerprint density at radius 3 is 2.76 bits per heavy atom. The molecule has 2 aromatic rings. The van der Waals surface area contributed by atoms with Gasteiger partial charge in [0.1, 0.15) is 0 Å². The number of halogens is 3. The molecular formula is C22H24ClF2N3O. The molecule has 0 aromatic heterocycles. The number of hydrogen-bond donors (Lipinski definition) is 1. The van der Waals surface area contributed by atoms with E-state index in [4.69, 9.17) is 17.3 Å². The molecule has 1 amide bonds. The van der Waals surface area contributed by atoms with E-state index in [0.717, 1.165) is 22.4 Å². The van der Waals surface area contributed by atoms with Crippen molar-refractivity contribution < 1.29 is 13.6 Å². The Labute approximate surface area is 174 Å². The van der Waals surface area contributed by atoms with Gasteiger partial charge in [-0.25, -0.2) is 8.78 Å². The van der Waals surface area contributed by atoms with Gasteiger partial charge in [0.25, 0.3) is 0 Å². The Kier molecular flexibility index (Phi) is 5.49. The third kappa shape index (κ3) is 3.96. The average Bonchev–Trinajstić information content (AvgIpc) is 3.00. The number of carbonyl (C=O) groups excluding carboxylic acids is 1. The second-order valence-corrected chi connectivity index (χ2v) is 8.42. The van der Waals surface area contributed by atoms with Crippen LogP contribution in [0.5, 0.6) is 0 Å². The number of benzene rings is 2. The summed E-state index contributed by atoms with van der Waals surface area (Å²) in [6.07, 6.45) is 1.54. The minimum atomic E-state index is -0.861. The molecule has 4 rings (SSSR count). The molecule has 2 aromatic carbocycles. The molecule has 0 radical (unpaired) electrons. The molecular weight excluding hydrogens is 396 g/mol. The summed E-state index contributed by atoms with van der Waals surface area (Å²) in [6, 6.07) is 7.76. The van der Waals surface area contributed by atoms with Crippen molar-refractivity contribution in [3.8, 4) is 0 Å². The fourth-order valence-corrected chi connectivity index (χ4v) is 4.63. The van der Waals surface area contributed by atoms with Crippen LogP contribution in [0.4, 0.5) is 14.5 Å². The van der Waals surface area contributed by atoms with Gasteiger partial charge in [-0.3, -0.25) is 4.79 Å². The van der Waals surface area contributed by atoms with Crippen molar-refractivity contribution in [2.75, 3.05) is 25.0 Å². The Bertz CT molecular complexity index is 952. The van der Waals surface area contributed by atoms with Crippen LogP contribution in [-0.2, 0) is 17.8 Å². The number of carbonyl (C=O) groups is 1. The van der Waals surface area contributed by atoms with Crippen LogP contribution in [-0.4, -0.2) is 37.0 Å². The molecule has 154 valence electrons. The summed E-state index contributed by atoms with van der Waals surface area (Å²) in [5.74, 6) is -1.85. The lowest BCUT2D eigenvalue weighted by molar-refractivity contribution is -0.132. The number of likely N-dealkylation sites (N-methyl/N-ethyl adjacent to an activating group) is 1. The molecule has 7 heteroatoms. The van der Waals surface area contributed by atoms with E-state index in [2.05, 4.69) is 4.90 Å². The maximum atomic E-state index is 13.7. The highest BCUT2D eigenvalue weighted by Crippen LogP contribution is 2.37. The second kappa shape index (κ2) is 7.92. The highest BCUT2D eigenvalue weighted by Gasteiger charge is 2.32. The highest BCUT2D eigenvalue weighted by atomic mass is 35.5. The van der Waals surface area contributed by atoms with E-state index in [1.165, 1.54) is 12.1 Å². The van der Waals surface area contributed by atoms with Crippen molar-refractivity contribution in [2.24, 2.45) is 5.73 Å². The van der Waals surface area contributed by atoms with Crippen LogP contribution in [0.15, 0.2) is 30.3 Å². The predicted molar refractivity (Wildman–Crippen MR) is 110 cm³/mol. The van der Waals surface area contributed by atoms with Crippen molar-refractivity contribution in [3.05, 3.63) is 63.7 Å². The number of nitrogens with zero attached hydrogens (tertiary/aromatic N) is 2. The molecule has 2 aliphatic rings. The van der Waals surface area contributed by atoms with Gasteiger partial charge in [-0.15, -0.1) is 0 Å². The average molecular weight is 420 g/mol. The van der Waals surface area contributed by atoms with E-state index in [0.29, 0.717) is 37.5 Å². The van der Waals surface area contributed by atoms with E-state index in [1.807, 2.05) is 30.1 Å². The SMILES string of the molecule is CN1CCN(C(=O)C[C@H](N)[C@H]2CCc3cc(F)c(F)cc32)Cc2ccc(Cl)cc21. The van der Waals surface area contributed by atoms with Gasteiger partial charge in [-0.05, 0) is 53.8 Å². The van der Waals surface area contributed by atoms with Crippen molar-refractivity contribution in [2.45, 2.75) is 37.8 Å². The standard InChI is InChI=1S/C22H24ClF2N3O/c1-27-6-7-28(12-14-2-4-15(23)9-21(14)27)22(29)11-20(26)16-5-3-13-8-18(24)19(25)10-17(13)16/h2,4,8-10,16,20H,3,5-7,11-12,26H2,1H3/t16-,20-/m0/s1. The topological polar surface area (TPSA) is 49.6 Å². The second-order valence-electron chi connectivity index (χ2n) is 7.99. The normalized spacial score (nSPS) is 19.6. The predicted octanol–water partition coefficient (Wildman–Crippen LogP) is 3.84. The van der Waals surface area contributed by atoms with Crippen LogP contribution in [0, 0.1) is 11.6 Å². The van der Waals surface area contributed by atoms with Crippen LogP contribution in [0.3, 0.4) is 0 Å². The van der Waals surface area contributed by atoms with Gasteiger partial charge >= 0.3 is 0 Å². The fourth-order valence-electron chi connectivity index (χ4n) is 4.46. The summed E-state index contributed by atoms with van der Waals surface area (Å²) in [6.45, 7) is 1.80. The lowest BCUT2D eigenvalue weighted by Crippen LogP contribution is -2.39. The quantitative estimate of drug-likeness (QED) is 0.822. The van der Waals surface area contributed by atoms with E-state index < -0.39 is 17.7 Å². The lowest BCUT2D eigenvalue weighted by atomic mass is 9.91. The van der Waals surface area contributed by atoms with Gasteiger partial charge in [-0.1, -0.05) is 17.7 Å². The molecule has 29 heavy (non-hydrogen) atoms. The van der Waals surface area contributed by atoms with Gasteiger partial charge in [0.15, 0.2) is 11.6 Å². The van der Waals surface area contributed by atoms with E-state index in [1.54, 1.807) is 0 Å². The molecule has 0 saturated heterocycles. The number of nitrogens with two attached hydrogens (primary N) is 1. The van der Waals surface area contributed by atoms with Crippen molar-refractivity contribution in [1.82, 2.24) is 4.90 Å². The zero-order valence-corrected chi connectivity index (χ0v) is 17.1. The molecule has 4 nitrogen and oxygen atoms in total. The summed E-state index contributed by atoms with van der Waals surface area (Å²) >= 11 is 6.12. The van der Waals surface area contributed by atoms with Crippen LogP contribution >= 0.6 is 11.6 Å². The maximum absolute atomic E-state index is 13.7. The van der Waals surface area contributed by atoms with Crippen LogP contribution in [0.25, 0.3) is 0 Å². The van der Waals surface area contributed by atoms with Gasteiger partial charge in [0.05, 0.1) is 0 Å². The Morgan fingerprint density at radius 2 is 1.97 bits per heavy atom. The molecule has 0 spiro atoms. The summed E-state index contributed by atoms with van der Waals surface area (Å²) < 4.78 is 27.2. The molecule has 1 aliphatic heterocycles. The van der Waals surface area contributed by atoms with E-state index in [-0.39, 0.29) is 18.2 Å². The Hall–Kier alpha value is -2.18. The van der Waals surface area contributed by atoms with E-state index in [9.17, 15) is 13.6 Å². The van der Waals surface area contributed by atoms with Gasteiger partial charge < -0.3 is 15.5 Å². The van der Waals surface area contributed by atoms with Crippen molar-refractivity contribution in [3.63, 3.8) is 0 Å². The molecule has 0 bridgehead atoms. The largest absolute Gasteiger partial charge is 0.373 e. The molecule has 1 heterocycles. The zero-order valence-electron chi connectivity index (χ0n) is 16.3. The first kappa shape index (κ1) is 20.1. The first-order chi connectivity index (χ1) is 13.8. The highest BCUT2D eigenvalue weighted by molar-refractivity contribution is 6.30. The Balaban J connectivity index is 1.48. The fraction of sp³-hybridized carbons (Fsp3) is 0.409. The summed E-state index contributed by atoms with van der Waals surface area (Å²) in [7, 11) is 1.98. The Morgan fingerprint density at radius 1 is 1.21 bits per heavy atom. The first-order valence-corrected chi connectivity index (χ1v) is 10.2. The van der Waals surface area contributed by atoms with E-state index >= 15 is 0 Å². The summed E-state index contributed by atoms with van der Waals surface area (Å²) in [5, 5.41) is 0.668. The number of hydrogen-bond acceptors (Lipinski definition) is 3. The molecule has 2 N–H and O–H groups in total. The number of fused-ring (bicyclic) bond motifs is 2. The number of rotatable bonds is 3. The molecule has 0 saturated carbocycles. The summed E-state index contributed by atoms with van der Waals surface area (Å²) in [4.78, 5) is 16.9. The van der Waals surface area contributed by atoms with Crippen molar-refractivity contribution in [1.29, 1.82) is 0 Å². The minimum Gasteiger partial charge on any atom is -0.373 e. The van der Waals surface area contributed by atoms with Gasteiger partial charge in [0.2, 0.25) is 5.91 Å². The third-order valence-electron chi connectivity index (χ3n) is 6.11. The monoisotopic (exact) mass is 419 g/mol. The minimum absolute atomic E-state index is 0.0234. The maximum Gasteiger partial charge on any atom is 0.224 e. The zero-order chi connectivity index (χ0) is 20.7. The lowest BCUT2D eigenvalue weighted by Gasteiger charge is -2.25. The van der Waals surface area contributed by atoms with Crippen LogP contribution in [0.2, 0.25) is 5.02 Å². The van der Waals surface area contributed by atoms with Crippen LogP contribution < -0.4 is 10.6 Å². The number of amides is 1. The van der Waals surface area contributed by atoms with Crippen LogP contribution in [0.1, 0.15) is 35.4 Å². The third-order valence-corrected chi connectivity index (χ3v) is 6.35. The molecule has 2 atom stereocenters.